The molecule has 1 saturated heterocycles. The molecule has 1 amide bonds. The van der Waals surface area contributed by atoms with Gasteiger partial charge in [0.25, 0.3) is 0 Å². The van der Waals surface area contributed by atoms with Gasteiger partial charge in [0.15, 0.2) is 11.5 Å². The number of carbonyl (C=O) groups excluding carboxylic acids is 1. The molecule has 2 atom stereocenters. The summed E-state index contributed by atoms with van der Waals surface area (Å²) in [4.78, 5) is 13.3. The molecule has 2 N–H and O–H groups in total. The fourth-order valence-electron chi connectivity index (χ4n) is 2.41. The number of nitrogens with two attached hydrogens (primary N) is 1. The van der Waals surface area contributed by atoms with Gasteiger partial charge in [-0.15, -0.1) is 0 Å². The second kappa shape index (κ2) is 3.63. The Morgan fingerprint density at radius 3 is 2.94 bits per heavy atom. The van der Waals surface area contributed by atoms with Crippen molar-refractivity contribution in [3.8, 4) is 11.5 Å². The Morgan fingerprint density at radius 1 is 1.41 bits per heavy atom. The van der Waals surface area contributed by atoms with Crippen molar-refractivity contribution in [2.24, 2.45) is 5.73 Å². The van der Waals surface area contributed by atoms with Gasteiger partial charge in [0.05, 0.1) is 6.04 Å². The number of hydrogen-bond acceptors (Lipinski definition) is 4. The van der Waals surface area contributed by atoms with E-state index in [-0.39, 0.29) is 18.7 Å². The minimum absolute atomic E-state index is 0.00941. The summed E-state index contributed by atoms with van der Waals surface area (Å²) in [6, 6.07) is 5.23. The van der Waals surface area contributed by atoms with E-state index in [0.29, 0.717) is 6.54 Å². The third-order valence-electron chi connectivity index (χ3n) is 3.32. The van der Waals surface area contributed by atoms with Crippen LogP contribution in [0, 0.1) is 0 Å². The van der Waals surface area contributed by atoms with Gasteiger partial charge in [-0.25, -0.2) is 0 Å². The molecule has 5 heteroatoms. The van der Waals surface area contributed by atoms with Crippen molar-refractivity contribution in [2.75, 3.05) is 13.3 Å². The van der Waals surface area contributed by atoms with E-state index in [1.807, 2.05) is 25.1 Å². The Labute approximate surface area is 99.1 Å². The SMILES string of the molecule is CCN1C(=O)[C@H](N)[C@H]1c1ccc2c(c1)OCO2. The predicted molar refractivity (Wildman–Crippen MR) is 60.7 cm³/mol. The standard InChI is InChI=1S/C12H14N2O3/c1-2-14-11(10(13)12(14)15)7-3-4-8-9(5-7)17-6-16-8/h3-5,10-11H,2,6,13H2,1H3/t10-,11-/m1/s1. The van der Waals surface area contributed by atoms with Crippen LogP contribution in [0.1, 0.15) is 18.5 Å². The second-order valence-electron chi connectivity index (χ2n) is 4.21. The van der Waals surface area contributed by atoms with E-state index in [4.69, 9.17) is 15.2 Å². The average molecular weight is 234 g/mol. The van der Waals surface area contributed by atoms with Crippen molar-refractivity contribution in [2.45, 2.75) is 19.0 Å². The first-order valence-electron chi connectivity index (χ1n) is 5.68. The topological polar surface area (TPSA) is 64.8 Å². The maximum Gasteiger partial charge on any atom is 0.242 e. The number of likely N-dealkylation sites (N-methyl/N-ethyl adjacent to an activating group) is 1. The number of ether oxygens (including phenoxy) is 2. The number of carbonyl (C=O) groups is 1. The van der Waals surface area contributed by atoms with E-state index >= 15 is 0 Å². The number of hydrogen-bond donors (Lipinski definition) is 1. The highest BCUT2D eigenvalue weighted by Crippen LogP contribution is 2.39. The van der Waals surface area contributed by atoms with Crippen LogP contribution in [-0.4, -0.2) is 30.2 Å². The van der Waals surface area contributed by atoms with Gasteiger partial charge < -0.3 is 20.1 Å². The molecule has 1 fully saturated rings. The van der Waals surface area contributed by atoms with E-state index in [2.05, 4.69) is 0 Å². The molecule has 90 valence electrons. The Morgan fingerprint density at radius 2 is 2.18 bits per heavy atom. The van der Waals surface area contributed by atoms with Crippen LogP contribution in [0.15, 0.2) is 18.2 Å². The third-order valence-corrected chi connectivity index (χ3v) is 3.32. The lowest BCUT2D eigenvalue weighted by molar-refractivity contribution is -0.149. The lowest BCUT2D eigenvalue weighted by Gasteiger charge is -2.45. The number of amides is 1. The van der Waals surface area contributed by atoms with Gasteiger partial charge in [-0.3, -0.25) is 4.79 Å². The smallest absolute Gasteiger partial charge is 0.242 e. The summed E-state index contributed by atoms with van der Waals surface area (Å²) < 4.78 is 10.6. The zero-order valence-corrected chi connectivity index (χ0v) is 9.55. The Balaban J connectivity index is 1.92. The fraction of sp³-hybridized carbons (Fsp3) is 0.417. The molecular weight excluding hydrogens is 220 g/mol. The molecule has 0 aromatic heterocycles. The number of rotatable bonds is 2. The maximum absolute atomic E-state index is 11.6. The molecule has 0 spiro atoms. The van der Waals surface area contributed by atoms with Crippen LogP contribution < -0.4 is 15.2 Å². The number of nitrogens with zero attached hydrogens (tertiary/aromatic N) is 1. The summed E-state index contributed by atoms with van der Waals surface area (Å²) in [6.07, 6.45) is 0. The summed E-state index contributed by atoms with van der Waals surface area (Å²) >= 11 is 0. The van der Waals surface area contributed by atoms with Crippen LogP contribution in [0.3, 0.4) is 0 Å². The quantitative estimate of drug-likeness (QED) is 0.763. The van der Waals surface area contributed by atoms with E-state index < -0.39 is 6.04 Å². The third kappa shape index (κ3) is 1.39. The highest BCUT2D eigenvalue weighted by molar-refractivity contribution is 5.89. The fourth-order valence-corrected chi connectivity index (χ4v) is 2.41. The molecule has 0 unspecified atom stereocenters. The molecule has 2 aliphatic heterocycles. The largest absolute Gasteiger partial charge is 0.454 e. The molecular formula is C12H14N2O3. The summed E-state index contributed by atoms with van der Waals surface area (Å²) in [6.45, 7) is 2.88. The Bertz CT molecular complexity index is 475. The van der Waals surface area contributed by atoms with Crippen LogP contribution in [0.4, 0.5) is 0 Å². The van der Waals surface area contributed by atoms with Gasteiger partial charge in [0.1, 0.15) is 6.04 Å². The Kier molecular flexibility index (Phi) is 2.22. The lowest BCUT2D eigenvalue weighted by Crippen LogP contribution is -2.62. The van der Waals surface area contributed by atoms with Gasteiger partial charge in [-0.1, -0.05) is 6.07 Å². The first kappa shape index (κ1) is 10.4. The number of fused-ring (bicyclic) bond motifs is 1. The van der Waals surface area contributed by atoms with Crippen molar-refractivity contribution < 1.29 is 14.3 Å². The average Bonchev–Trinajstić information content (AvgIpc) is 2.81. The molecule has 0 radical (unpaired) electrons. The molecule has 5 nitrogen and oxygen atoms in total. The zero-order valence-electron chi connectivity index (χ0n) is 9.55. The normalized spacial score (nSPS) is 26.0. The van der Waals surface area contributed by atoms with Crippen molar-refractivity contribution in [1.82, 2.24) is 4.90 Å². The molecule has 2 aliphatic rings. The van der Waals surface area contributed by atoms with Crippen LogP contribution >= 0.6 is 0 Å². The number of β-lactam (4-membered cyclic amide) rings is 1. The van der Waals surface area contributed by atoms with Gasteiger partial charge >= 0.3 is 0 Å². The van der Waals surface area contributed by atoms with Crippen molar-refractivity contribution in [1.29, 1.82) is 0 Å². The molecule has 0 aliphatic carbocycles. The van der Waals surface area contributed by atoms with E-state index in [1.54, 1.807) is 4.90 Å². The molecule has 3 rings (SSSR count). The highest BCUT2D eigenvalue weighted by Gasteiger charge is 2.44. The summed E-state index contributed by atoms with van der Waals surface area (Å²) in [5.41, 5.74) is 6.85. The second-order valence-corrected chi connectivity index (χ2v) is 4.21. The van der Waals surface area contributed by atoms with Gasteiger partial charge in [-0.2, -0.15) is 0 Å². The van der Waals surface area contributed by atoms with Crippen molar-refractivity contribution in [3.63, 3.8) is 0 Å². The highest BCUT2D eigenvalue weighted by atomic mass is 16.7. The summed E-state index contributed by atoms with van der Waals surface area (Å²) in [5.74, 6) is 1.48. The number of likely N-dealkylation sites (tertiary alicyclic amines) is 1. The van der Waals surface area contributed by atoms with Gasteiger partial charge in [-0.05, 0) is 24.6 Å². The molecule has 17 heavy (non-hydrogen) atoms. The minimum atomic E-state index is -0.435. The molecule has 1 aromatic rings. The van der Waals surface area contributed by atoms with Crippen LogP contribution in [0.25, 0.3) is 0 Å². The van der Waals surface area contributed by atoms with Crippen LogP contribution in [0.5, 0.6) is 11.5 Å². The monoisotopic (exact) mass is 234 g/mol. The summed E-state index contributed by atoms with van der Waals surface area (Å²) in [5, 5.41) is 0. The van der Waals surface area contributed by atoms with Crippen LogP contribution in [-0.2, 0) is 4.79 Å². The van der Waals surface area contributed by atoms with Gasteiger partial charge in [0, 0.05) is 6.54 Å². The molecule has 2 heterocycles. The van der Waals surface area contributed by atoms with Crippen molar-refractivity contribution >= 4 is 5.91 Å². The number of benzene rings is 1. The van der Waals surface area contributed by atoms with Gasteiger partial charge in [0.2, 0.25) is 12.7 Å². The first-order chi connectivity index (χ1) is 8.22. The van der Waals surface area contributed by atoms with E-state index in [0.717, 1.165) is 17.1 Å². The van der Waals surface area contributed by atoms with E-state index in [1.165, 1.54) is 0 Å². The summed E-state index contributed by atoms with van der Waals surface area (Å²) in [7, 11) is 0. The van der Waals surface area contributed by atoms with Crippen LogP contribution in [0.2, 0.25) is 0 Å². The zero-order chi connectivity index (χ0) is 12.0. The van der Waals surface area contributed by atoms with Crippen molar-refractivity contribution in [3.05, 3.63) is 23.8 Å². The lowest BCUT2D eigenvalue weighted by atomic mass is 9.89. The van der Waals surface area contributed by atoms with E-state index in [9.17, 15) is 4.79 Å². The molecule has 0 bridgehead atoms. The molecule has 1 aromatic carbocycles. The molecule has 0 saturated carbocycles. The first-order valence-corrected chi connectivity index (χ1v) is 5.68. The maximum atomic E-state index is 11.6. The Hall–Kier alpha value is -1.75. The minimum Gasteiger partial charge on any atom is -0.454 e. The predicted octanol–water partition coefficient (Wildman–Crippen LogP) is 0.646.